The minimum Gasteiger partial charge on any atom is -0.298 e. The smallest absolute Gasteiger partial charge is 0.155 e. The van der Waals surface area contributed by atoms with Crippen LogP contribution in [-0.4, -0.2) is 5.78 Å². The van der Waals surface area contributed by atoms with E-state index < -0.39 is 5.38 Å². The van der Waals surface area contributed by atoms with Gasteiger partial charge in [0.1, 0.15) is 11.2 Å². The molecule has 104 valence electrons. The SMILES string of the molecule is O=C(CCCc1ccccc1)C(Cl)c1ccc(F)cc1. The maximum absolute atomic E-state index is 12.8. The molecule has 0 aromatic heterocycles. The van der Waals surface area contributed by atoms with Gasteiger partial charge in [-0.05, 0) is 36.1 Å². The van der Waals surface area contributed by atoms with Gasteiger partial charge in [0.25, 0.3) is 0 Å². The Morgan fingerprint density at radius 2 is 1.70 bits per heavy atom. The maximum Gasteiger partial charge on any atom is 0.155 e. The number of hydrogen-bond donors (Lipinski definition) is 0. The summed E-state index contributed by atoms with van der Waals surface area (Å²) in [6.07, 6.45) is 2.06. The Bertz CT molecular complexity index is 551. The number of hydrogen-bond acceptors (Lipinski definition) is 1. The number of alkyl halides is 1. The van der Waals surface area contributed by atoms with Crippen molar-refractivity contribution < 1.29 is 9.18 Å². The zero-order valence-corrected chi connectivity index (χ0v) is 11.8. The second kappa shape index (κ2) is 7.20. The Labute approximate surface area is 123 Å². The van der Waals surface area contributed by atoms with Gasteiger partial charge in [-0.15, -0.1) is 11.6 Å². The number of Topliss-reactive ketones (excluding diaryl/α,β-unsaturated/α-hetero) is 1. The molecule has 0 N–H and O–H groups in total. The maximum atomic E-state index is 12.8. The summed E-state index contributed by atoms with van der Waals surface area (Å²) in [5.74, 6) is -0.344. The lowest BCUT2D eigenvalue weighted by Crippen LogP contribution is -2.07. The van der Waals surface area contributed by atoms with Crippen LogP contribution in [0.25, 0.3) is 0 Å². The summed E-state index contributed by atoms with van der Waals surface area (Å²) in [5.41, 5.74) is 1.87. The van der Waals surface area contributed by atoms with Crippen molar-refractivity contribution in [2.45, 2.75) is 24.6 Å². The van der Waals surface area contributed by atoms with Crippen molar-refractivity contribution in [3.05, 3.63) is 71.5 Å². The van der Waals surface area contributed by atoms with E-state index in [-0.39, 0.29) is 11.6 Å². The molecule has 3 heteroatoms. The molecule has 0 spiro atoms. The fraction of sp³-hybridized carbons (Fsp3) is 0.235. The van der Waals surface area contributed by atoms with Crippen LogP contribution in [0.4, 0.5) is 4.39 Å². The minimum atomic E-state index is -0.689. The number of ketones is 1. The molecule has 0 aliphatic heterocycles. The third-order valence-electron chi connectivity index (χ3n) is 3.18. The molecule has 1 nitrogen and oxygen atoms in total. The van der Waals surface area contributed by atoms with Crippen LogP contribution in [0.3, 0.4) is 0 Å². The molecule has 0 heterocycles. The van der Waals surface area contributed by atoms with Crippen LogP contribution < -0.4 is 0 Å². The van der Waals surface area contributed by atoms with E-state index in [0.717, 1.165) is 12.8 Å². The van der Waals surface area contributed by atoms with Crippen molar-refractivity contribution in [3.8, 4) is 0 Å². The molecule has 1 atom stereocenters. The molecule has 20 heavy (non-hydrogen) atoms. The van der Waals surface area contributed by atoms with Gasteiger partial charge >= 0.3 is 0 Å². The van der Waals surface area contributed by atoms with Crippen molar-refractivity contribution in [1.82, 2.24) is 0 Å². The first-order chi connectivity index (χ1) is 9.66. The number of carbonyl (C=O) groups excluding carboxylic acids is 1. The summed E-state index contributed by atoms with van der Waals surface area (Å²) in [6.45, 7) is 0. The van der Waals surface area contributed by atoms with E-state index in [0.29, 0.717) is 12.0 Å². The largest absolute Gasteiger partial charge is 0.298 e. The summed E-state index contributed by atoms with van der Waals surface area (Å²) in [4.78, 5) is 12.0. The molecule has 2 aromatic carbocycles. The number of rotatable bonds is 6. The summed E-state index contributed by atoms with van der Waals surface area (Å²) in [7, 11) is 0. The van der Waals surface area contributed by atoms with Crippen molar-refractivity contribution in [2.24, 2.45) is 0 Å². The summed E-state index contributed by atoms with van der Waals surface area (Å²) in [6, 6.07) is 15.8. The standard InChI is InChI=1S/C17H16ClFO/c18-17(14-9-11-15(19)12-10-14)16(20)8-4-7-13-5-2-1-3-6-13/h1-3,5-6,9-12,17H,4,7-8H2. The van der Waals surface area contributed by atoms with E-state index in [1.807, 2.05) is 30.3 Å². The zero-order valence-electron chi connectivity index (χ0n) is 11.1. The molecule has 0 radical (unpaired) electrons. The van der Waals surface area contributed by atoms with Gasteiger partial charge in [-0.25, -0.2) is 4.39 Å². The Hall–Kier alpha value is -1.67. The first-order valence-corrected chi connectivity index (χ1v) is 7.06. The lowest BCUT2D eigenvalue weighted by Gasteiger charge is -2.09. The van der Waals surface area contributed by atoms with Gasteiger partial charge in [0.2, 0.25) is 0 Å². The van der Waals surface area contributed by atoms with Crippen LogP contribution in [0.5, 0.6) is 0 Å². The Balaban J connectivity index is 1.84. The topological polar surface area (TPSA) is 17.1 Å². The van der Waals surface area contributed by atoms with E-state index in [2.05, 4.69) is 0 Å². The van der Waals surface area contributed by atoms with Crippen molar-refractivity contribution >= 4 is 17.4 Å². The lowest BCUT2D eigenvalue weighted by atomic mass is 10.0. The number of aryl methyl sites for hydroxylation is 1. The van der Waals surface area contributed by atoms with E-state index in [1.165, 1.54) is 17.7 Å². The highest BCUT2D eigenvalue weighted by atomic mass is 35.5. The molecule has 1 unspecified atom stereocenters. The predicted molar refractivity (Wildman–Crippen MR) is 79.4 cm³/mol. The van der Waals surface area contributed by atoms with Gasteiger partial charge < -0.3 is 0 Å². The lowest BCUT2D eigenvalue weighted by molar-refractivity contribution is -0.118. The van der Waals surface area contributed by atoms with Crippen molar-refractivity contribution in [3.63, 3.8) is 0 Å². The molecule has 0 saturated carbocycles. The third kappa shape index (κ3) is 4.17. The number of carbonyl (C=O) groups is 1. The van der Waals surface area contributed by atoms with Crippen LogP contribution in [-0.2, 0) is 11.2 Å². The second-order valence-corrected chi connectivity index (χ2v) is 5.16. The first-order valence-electron chi connectivity index (χ1n) is 6.63. The van der Waals surface area contributed by atoms with E-state index in [1.54, 1.807) is 12.1 Å². The van der Waals surface area contributed by atoms with E-state index >= 15 is 0 Å². The van der Waals surface area contributed by atoms with E-state index in [9.17, 15) is 9.18 Å². The molecule has 0 amide bonds. The Morgan fingerprint density at radius 3 is 2.35 bits per heavy atom. The number of halogens is 2. The van der Waals surface area contributed by atoms with Gasteiger partial charge in [0.05, 0.1) is 0 Å². The molecule has 0 fully saturated rings. The molecule has 0 bridgehead atoms. The fourth-order valence-electron chi connectivity index (χ4n) is 2.06. The molecule has 0 saturated heterocycles. The minimum absolute atomic E-state index is 0.0193. The number of benzene rings is 2. The second-order valence-electron chi connectivity index (χ2n) is 4.72. The van der Waals surface area contributed by atoms with Crippen LogP contribution in [0.15, 0.2) is 54.6 Å². The van der Waals surface area contributed by atoms with Crippen LogP contribution in [0, 0.1) is 5.82 Å². The summed E-state index contributed by atoms with van der Waals surface area (Å²) in [5, 5.41) is -0.689. The average molecular weight is 291 g/mol. The van der Waals surface area contributed by atoms with Crippen LogP contribution >= 0.6 is 11.6 Å². The normalized spacial score (nSPS) is 12.1. The molecule has 0 aliphatic rings. The molecule has 2 rings (SSSR count). The van der Waals surface area contributed by atoms with E-state index in [4.69, 9.17) is 11.6 Å². The zero-order chi connectivity index (χ0) is 14.4. The highest BCUT2D eigenvalue weighted by Gasteiger charge is 2.16. The molecule has 0 aliphatic carbocycles. The highest BCUT2D eigenvalue weighted by molar-refractivity contribution is 6.31. The van der Waals surface area contributed by atoms with Gasteiger partial charge in [-0.1, -0.05) is 42.5 Å². The Kier molecular flexibility index (Phi) is 5.31. The summed E-state index contributed by atoms with van der Waals surface area (Å²) < 4.78 is 12.8. The van der Waals surface area contributed by atoms with Gasteiger partial charge in [0, 0.05) is 6.42 Å². The van der Waals surface area contributed by atoms with Gasteiger partial charge in [0.15, 0.2) is 5.78 Å². The quantitative estimate of drug-likeness (QED) is 0.705. The third-order valence-corrected chi connectivity index (χ3v) is 3.67. The van der Waals surface area contributed by atoms with Gasteiger partial charge in [-0.3, -0.25) is 4.79 Å². The molecule has 2 aromatic rings. The van der Waals surface area contributed by atoms with Gasteiger partial charge in [-0.2, -0.15) is 0 Å². The molecular weight excluding hydrogens is 275 g/mol. The van der Waals surface area contributed by atoms with Crippen LogP contribution in [0.1, 0.15) is 29.3 Å². The predicted octanol–water partition coefficient (Wildman–Crippen LogP) is 4.70. The first kappa shape index (κ1) is 14.7. The monoisotopic (exact) mass is 290 g/mol. The highest BCUT2D eigenvalue weighted by Crippen LogP contribution is 2.24. The summed E-state index contributed by atoms with van der Waals surface area (Å²) >= 11 is 6.12. The average Bonchev–Trinajstić information content (AvgIpc) is 2.48. The van der Waals surface area contributed by atoms with Crippen molar-refractivity contribution in [1.29, 1.82) is 0 Å². The van der Waals surface area contributed by atoms with Crippen LogP contribution in [0.2, 0.25) is 0 Å². The molecular formula is C17H16ClFO. The van der Waals surface area contributed by atoms with Crippen molar-refractivity contribution in [2.75, 3.05) is 0 Å². The Morgan fingerprint density at radius 1 is 1.05 bits per heavy atom. The fourth-order valence-corrected chi connectivity index (χ4v) is 2.31.